The van der Waals surface area contributed by atoms with Gasteiger partial charge in [0.15, 0.2) is 11.5 Å². The molecule has 19 heavy (non-hydrogen) atoms. The molecule has 1 atom stereocenters. The summed E-state index contributed by atoms with van der Waals surface area (Å²) in [7, 11) is 0. The van der Waals surface area contributed by atoms with Gasteiger partial charge in [-0.1, -0.05) is 30.3 Å². The molecule has 1 aromatic heterocycles. The van der Waals surface area contributed by atoms with E-state index in [-0.39, 0.29) is 18.3 Å². The van der Waals surface area contributed by atoms with Crippen molar-refractivity contribution in [3.8, 4) is 0 Å². The van der Waals surface area contributed by atoms with Crippen molar-refractivity contribution in [2.45, 2.75) is 19.9 Å². The number of hydrogen-bond acceptors (Lipinski definition) is 2. The zero-order valence-corrected chi connectivity index (χ0v) is 11.0. The topological polar surface area (TPSA) is 31.2 Å². The first-order valence-electron chi connectivity index (χ1n) is 6.23. The Labute approximate surface area is 111 Å². The first-order valence-corrected chi connectivity index (χ1v) is 6.23. The van der Waals surface area contributed by atoms with Crippen LogP contribution in [0, 0.1) is 5.82 Å². The molecule has 2 rings (SSSR count). The normalized spacial score (nSPS) is 12.2. The molecule has 3 nitrogen and oxygen atoms in total. The largest absolute Gasteiger partial charge is 0.461 e. The molecule has 2 aromatic rings. The van der Waals surface area contributed by atoms with Gasteiger partial charge >= 0.3 is 5.97 Å². The second-order valence-electron chi connectivity index (χ2n) is 4.23. The molecule has 0 amide bonds. The standard InChI is InChI=1S/C15H16FNO2/c1-3-19-15(18)14-13(16)9-10-17(14)11(2)12-7-5-4-6-8-12/h4-11H,3H2,1-2H3/t11-/m1/s1. The fraction of sp³-hybridized carbons (Fsp3) is 0.267. The van der Waals surface area contributed by atoms with Crippen LogP contribution in [0.3, 0.4) is 0 Å². The van der Waals surface area contributed by atoms with Gasteiger partial charge in [-0.25, -0.2) is 9.18 Å². The molecule has 0 aliphatic carbocycles. The average molecular weight is 261 g/mol. The minimum absolute atomic E-state index is 0.0294. The second-order valence-corrected chi connectivity index (χ2v) is 4.23. The second kappa shape index (κ2) is 5.69. The maximum Gasteiger partial charge on any atom is 0.358 e. The van der Waals surface area contributed by atoms with Crippen molar-refractivity contribution >= 4 is 5.97 Å². The molecule has 100 valence electrons. The first kappa shape index (κ1) is 13.3. The van der Waals surface area contributed by atoms with Crippen LogP contribution in [0.25, 0.3) is 0 Å². The van der Waals surface area contributed by atoms with Gasteiger partial charge in [0.05, 0.1) is 12.6 Å². The van der Waals surface area contributed by atoms with Crippen LogP contribution in [0.2, 0.25) is 0 Å². The molecule has 0 bridgehead atoms. The molecule has 1 heterocycles. The summed E-state index contributed by atoms with van der Waals surface area (Å²) in [5.41, 5.74) is 0.974. The quantitative estimate of drug-likeness (QED) is 0.790. The molecule has 0 N–H and O–H groups in total. The van der Waals surface area contributed by atoms with Crippen molar-refractivity contribution in [3.05, 3.63) is 59.7 Å². The Kier molecular flexibility index (Phi) is 4.00. The number of nitrogens with zero attached hydrogens (tertiary/aromatic N) is 1. The van der Waals surface area contributed by atoms with Gasteiger partial charge in [0.2, 0.25) is 0 Å². The molecule has 0 spiro atoms. The van der Waals surface area contributed by atoms with E-state index in [1.165, 1.54) is 6.07 Å². The Morgan fingerprint density at radius 2 is 2.00 bits per heavy atom. The van der Waals surface area contributed by atoms with Gasteiger partial charge in [0, 0.05) is 6.20 Å². The van der Waals surface area contributed by atoms with Gasteiger partial charge in [0.1, 0.15) is 0 Å². The van der Waals surface area contributed by atoms with Crippen LogP contribution < -0.4 is 0 Å². The highest BCUT2D eigenvalue weighted by molar-refractivity contribution is 5.88. The van der Waals surface area contributed by atoms with Crippen LogP contribution in [0.1, 0.15) is 35.9 Å². The lowest BCUT2D eigenvalue weighted by atomic mass is 10.1. The van der Waals surface area contributed by atoms with Crippen LogP contribution in [0.4, 0.5) is 4.39 Å². The molecule has 0 unspecified atom stereocenters. The number of ether oxygens (including phenoxy) is 1. The Hall–Kier alpha value is -2.10. The highest BCUT2D eigenvalue weighted by Crippen LogP contribution is 2.22. The van der Waals surface area contributed by atoms with Crippen LogP contribution in [-0.4, -0.2) is 17.1 Å². The number of esters is 1. The summed E-state index contributed by atoms with van der Waals surface area (Å²) < 4.78 is 20.2. The predicted octanol–water partition coefficient (Wildman–Crippen LogP) is 3.41. The molecular weight excluding hydrogens is 245 g/mol. The average Bonchev–Trinajstić information content (AvgIpc) is 2.81. The Bertz CT molecular complexity index is 563. The fourth-order valence-corrected chi connectivity index (χ4v) is 2.04. The third-order valence-electron chi connectivity index (χ3n) is 3.03. The van der Waals surface area contributed by atoms with E-state index in [0.717, 1.165) is 5.56 Å². The van der Waals surface area contributed by atoms with E-state index in [0.29, 0.717) is 0 Å². The molecule has 0 aliphatic rings. The highest BCUT2D eigenvalue weighted by Gasteiger charge is 2.22. The third kappa shape index (κ3) is 2.67. The van der Waals surface area contributed by atoms with Crippen molar-refractivity contribution in [1.29, 1.82) is 0 Å². The van der Waals surface area contributed by atoms with E-state index in [9.17, 15) is 9.18 Å². The summed E-state index contributed by atoms with van der Waals surface area (Å²) in [6.45, 7) is 3.84. The molecule has 0 fully saturated rings. The Balaban J connectivity index is 2.38. The van der Waals surface area contributed by atoms with Crippen LogP contribution in [-0.2, 0) is 4.74 Å². The maximum absolute atomic E-state index is 13.7. The van der Waals surface area contributed by atoms with E-state index in [4.69, 9.17) is 4.74 Å². The first-order chi connectivity index (χ1) is 9.15. The summed E-state index contributed by atoms with van der Waals surface area (Å²) in [4.78, 5) is 11.8. The Morgan fingerprint density at radius 3 is 2.63 bits per heavy atom. The molecular formula is C15H16FNO2. The molecule has 4 heteroatoms. The van der Waals surface area contributed by atoms with Gasteiger partial charge < -0.3 is 9.30 Å². The summed E-state index contributed by atoms with van der Waals surface area (Å²) in [6.07, 6.45) is 1.57. The fourth-order valence-electron chi connectivity index (χ4n) is 2.04. The molecule has 0 aliphatic heterocycles. The minimum Gasteiger partial charge on any atom is -0.461 e. The van der Waals surface area contributed by atoms with Gasteiger partial charge in [-0.15, -0.1) is 0 Å². The predicted molar refractivity (Wildman–Crippen MR) is 70.6 cm³/mol. The molecule has 1 aromatic carbocycles. The summed E-state index contributed by atoms with van der Waals surface area (Å²) in [5, 5.41) is 0. The number of benzene rings is 1. The smallest absolute Gasteiger partial charge is 0.358 e. The highest BCUT2D eigenvalue weighted by atomic mass is 19.1. The van der Waals surface area contributed by atoms with Gasteiger partial charge in [-0.3, -0.25) is 0 Å². The minimum atomic E-state index is -0.632. The molecule has 0 saturated heterocycles. The zero-order chi connectivity index (χ0) is 13.8. The lowest BCUT2D eigenvalue weighted by molar-refractivity contribution is 0.0507. The number of carbonyl (C=O) groups is 1. The van der Waals surface area contributed by atoms with E-state index >= 15 is 0 Å². The number of hydrogen-bond donors (Lipinski definition) is 0. The lowest BCUT2D eigenvalue weighted by Gasteiger charge is -2.17. The zero-order valence-electron chi connectivity index (χ0n) is 11.0. The number of aromatic nitrogens is 1. The van der Waals surface area contributed by atoms with Gasteiger partial charge in [-0.05, 0) is 25.5 Å². The summed E-state index contributed by atoms with van der Waals surface area (Å²) >= 11 is 0. The monoisotopic (exact) mass is 261 g/mol. The Morgan fingerprint density at radius 1 is 1.32 bits per heavy atom. The van der Waals surface area contributed by atoms with Crippen molar-refractivity contribution in [2.75, 3.05) is 6.61 Å². The van der Waals surface area contributed by atoms with E-state index in [1.807, 2.05) is 37.3 Å². The van der Waals surface area contributed by atoms with E-state index in [1.54, 1.807) is 17.7 Å². The number of rotatable bonds is 4. The molecule has 0 radical (unpaired) electrons. The van der Waals surface area contributed by atoms with E-state index < -0.39 is 11.8 Å². The maximum atomic E-state index is 13.7. The summed E-state index contributed by atoms with van der Waals surface area (Å²) in [6, 6.07) is 10.8. The summed E-state index contributed by atoms with van der Waals surface area (Å²) in [5.74, 6) is -1.19. The van der Waals surface area contributed by atoms with Gasteiger partial charge in [-0.2, -0.15) is 0 Å². The van der Waals surface area contributed by atoms with Crippen molar-refractivity contribution in [3.63, 3.8) is 0 Å². The number of halogens is 1. The third-order valence-corrected chi connectivity index (χ3v) is 3.03. The van der Waals surface area contributed by atoms with Crippen molar-refractivity contribution < 1.29 is 13.9 Å². The lowest BCUT2D eigenvalue weighted by Crippen LogP contribution is -2.16. The molecule has 0 saturated carbocycles. The van der Waals surface area contributed by atoms with Crippen LogP contribution >= 0.6 is 0 Å². The van der Waals surface area contributed by atoms with Crippen LogP contribution in [0.15, 0.2) is 42.6 Å². The van der Waals surface area contributed by atoms with Gasteiger partial charge in [0.25, 0.3) is 0 Å². The SMILES string of the molecule is CCOC(=O)c1c(F)ccn1[C@H](C)c1ccccc1. The van der Waals surface area contributed by atoms with E-state index in [2.05, 4.69) is 0 Å². The number of carbonyl (C=O) groups excluding carboxylic acids is 1. The van der Waals surface area contributed by atoms with Crippen molar-refractivity contribution in [2.24, 2.45) is 0 Å². The van der Waals surface area contributed by atoms with Crippen molar-refractivity contribution in [1.82, 2.24) is 4.57 Å². The van der Waals surface area contributed by atoms with Crippen LogP contribution in [0.5, 0.6) is 0 Å².